The van der Waals surface area contributed by atoms with Crippen LogP contribution in [0.15, 0.2) is 34.9 Å². The largest absolute Gasteiger partial charge is 0.458 e. The maximum absolute atomic E-state index is 5.89. The number of furan rings is 1. The third kappa shape index (κ3) is 2.41. The maximum atomic E-state index is 5.89. The Morgan fingerprint density at radius 1 is 1.27 bits per heavy atom. The summed E-state index contributed by atoms with van der Waals surface area (Å²) in [5.74, 6) is 2.50. The molecule has 1 aliphatic heterocycles. The molecule has 5 heteroatoms. The van der Waals surface area contributed by atoms with Crippen molar-refractivity contribution in [3.8, 4) is 11.6 Å². The molecule has 1 aliphatic rings. The molecule has 0 bridgehead atoms. The van der Waals surface area contributed by atoms with Crippen LogP contribution in [0.4, 0.5) is 0 Å². The number of rotatable bonds is 3. The number of ether oxygens (including phenoxy) is 1. The predicted molar refractivity (Wildman–Crippen MR) is 83.6 cm³/mol. The van der Waals surface area contributed by atoms with Crippen LogP contribution in [-0.2, 0) is 11.3 Å². The number of nitrogens with zero attached hydrogens (tertiary/aromatic N) is 3. The van der Waals surface area contributed by atoms with Crippen LogP contribution < -0.4 is 0 Å². The van der Waals surface area contributed by atoms with Gasteiger partial charge in [0.25, 0.3) is 0 Å². The Kier molecular flexibility index (Phi) is 3.42. The second-order valence-electron chi connectivity index (χ2n) is 5.79. The number of aromatic nitrogens is 3. The average Bonchev–Trinajstić information content (AvgIpc) is 3.13. The summed E-state index contributed by atoms with van der Waals surface area (Å²) in [5, 5.41) is 0. The Morgan fingerprint density at radius 3 is 3.00 bits per heavy atom. The standard InChI is InChI=1S/C17H19N3O2/c1-12-7-8-15(22-12)17-19-14-6-4-9-18-16(14)20(17)11-13-5-2-3-10-21-13/h4,6-9,13H,2-3,5,10-11H2,1H3. The Bertz CT molecular complexity index is 784. The van der Waals surface area contributed by atoms with Gasteiger partial charge < -0.3 is 13.7 Å². The topological polar surface area (TPSA) is 53.1 Å². The van der Waals surface area contributed by atoms with E-state index in [1.807, 2.05) is 31.2 Å². The molecule has 4 rings (SSSR count). The number of pyridine rings is 1. The van der Waals surface area contributed by atoms with Crippen molar-refractivity contribution in [1.82, 2.24) is 14.5 Å². The normalized spacial score (nSPS) is 18.9. The quantitative estimate of drug-likeness (QED) is 0.741. The molecule has 22 heavy (non-hydrogen) atoms. The molecule has 114 valence electrons. The highest BCUT2D eigenvalue weighted by Crippen LogP contribution is 2.27. The third-order valence-electron chi connectivity index (χ3n) is 4.12. The summed E-state index contributed by atoms with van der Waals surface area (Å²) in [4.78, 5) is 9.22. The average molecular weight is 297 g/mol. The first kappa shape index (κ1) is 13.5. The van der Waals surface area contributed by atoms with Crippen LogP contribution in [0.2, 0.25) is 0 Å². The Hall–Kier alpha value is -2.14. The van der Waals surface area contributed by atoms with Gasteiger partial charge >= 0.3 is 0 Å². The fourth-order valence-electron chi connectivity index (χ4n) is 3.03. The molecule has 0 spiro atoms. The summed E-state index contributed by atoms with van der Waals surface area (Å²) >= 11 is 0. The van der Waals surface area contributed by atoms with Crippen LogP contribution >= 0.6 is 0 Å². The van der Waals surface area contributed by atoms with Crippen LogP contribution in [0.25, 0.3) is 22.7 Å². The molecule has 3 aromatic heterocycles. The molecule has 0 saturated carbocycles. The summed E-state index contributed by atoms with van der Waals surface area (Å²) in [5.41, 5.74) is 1.78. The van der Waals surface area contributed by atoms with Crippen molar-refractivity contribution >= 4 is 11.2 Å². The molecule has 0 N–H and O–H groups in total. The first-order chi connectivity index (χ1) is 10.8. The molecule has 0 aromatic carbocycles. The van der Waals surface area contributed by atoms with Crippen LogP contribution in [0.1, 0.15) is 25.0 Å². The molecule has 1 unspecified atom stereocenters. The monoisotopic (exact) mass is 297 g/mol. The van der Waals surface area contributed by atoms with Crippen molar-refractivity contribution < 1.29 is 9.15 Å². The SMILES string of the molecule is Cc1ccc(-c2nc3cccnc3n2CC2CCCCO2)o1. The Morgan fingerprint density at radius 2 is 2.23 bits per heavy atom. The van der Waals surface area contributed by atoms with Gasteiger partial charge in [-0.2, -0.15) is 0 Å². The Labute approximate surface area is 128 Å². The molecule has 1 saturated heterocycles. The minimum atomic E-state index is 0.225. The Balaban J connectivity index is 1.79. The van der Waals surface area contributed by atoms with Gasteiger partial charge in [0.2, 0.25) is 0 Å². The summed E-state index contributed by atoms with van der Waals surface area (Å²) < 4.78 is 13.8. The zero-order chi connectivity index (χ0) is 14.9. The lowest BCUT2D eigenvalue weighted by Gasteiger charge is -2.23. The highest BCUT2D eigenvalue weighted by Gasteiger charge is 2.21. The second kappa shape index (κ2) is 5.57. The van der Waals surface area contributed by atoms with Crippen LogP contribution in [-0.4, -0.2) is 27.2 Å². The maximum Gasteiger partial charge on any atom is 0.178 e. The lowest BCUT2D eigenvalue weighted by Crippen LogP contribution is -2.24. The van der Waals surface area contributed by atoms with Gasteiger partial charge in [0.15, 0.2) is 17.2 Å². The van der Waals surface area contributed by atoms with Crippen molar-refractivity contribution in [1.29, 1.82) is 0 Å². The molecule has 0 amide bonds. The number of hydrogen-bond acceptors (Lipinski definition) is 4. The van der Waals surface area contributed by atoms with Crippen LogP contribution in [0.3, 0.4) is 0 Å². The minimum absolute atomic E-state index is 0.225. The number of fused-ring (bicyclic) bond motifs is 1. The number of imidazole rings is 1. The molecule has 0 aliphatic carbocycles. The van der Waals surface area contributed by atoms with Crippen molar-refractivity contribution in [2.45, 2.75) is 38.8 Å². The van der Waals surface area contributed by atoms with Crippen molar-refractivity contribution in [3.63, 3.8) is 0 Å². The second-order valence-corrected chi connectivity index (χ2v) is 5.79. The van der Waals surface area contributed by atoms with Gasteiger partial charge in [-0.25, -0.2) is 9.97 Å². The molecule has 1 atom stereocenters. The van der Waals surface area contributed by atoms with E-state index in [2.05, 4.69) is 9.55 Å². The molecular weight excluding hydrogens is 278 g/mol. The van der Waals surface area contributed by atoms with E-state index in [4.69, 9.17) is 14.1 Å². The molecule has 1 fully saturated rings. The van der Waals surface area contributed by atoms with Gasteiger partial charge in [-0.1, -0.05) is 0 Å². The van der Waals surface area contributed by atoms with Crippen molar-refractivity contribution in [2.24, 2.45) is 0 Å². The molecular formula is C17H19N3O2. The lowest BCUT2D eigenvalue weighted by molar-refractivity contribution is 0.00674. The van der Waals surface area contributed by atoms with Gasteiger partial charge in [0.05, 0.1) is 12.6 Å². The summed E-state index contributed by atoms with van der Waals surface area (Å²) in [6, 6.07) is 7.83. The minimum Gasteiger partial charge on any atom is -0.458 e. The van der Waals surface area contributed by atoms with Gasteiger partial charge in [0.1, 0.15) is 11.3 Å². The molecule has 5 nitrogen and oxygen atoms in total. The lowest BCUT2D eigenvalue weighted by atomic mass is 10.1. The van der Waals surface area contributed by atoms with Gasteiger partial charge in [0, 0.05) is 12.8 Å². The third-order valence-corrected chi connectivity index (χ3v) is 4.12. The van der Waals surface area contributed by atoms with E-state index in [9.17, 15) is 0 Å². The number of hydrogen-bond donors (Lipinski definition) is 0. The van der Waals surface area contributed by atoms with E-state index in [1.54, 1.807) is 6.20 Å². The summed E-state index contributed by atoms with van der Waals surface area (Å²) in [6.07, 6.45) is 5.49. The summed E-state index contributed by atoms with van der Waals surface area (Å²) in [6.45, 7) is 3.56. The zero-order valence-corrected chi connectivity index (χ0v) is 12.7. The van der Waals surface area contributed by atoms with Gasteiger partial charge in [-0.15, -0.1) is 0 Å². The first-order valence-electron chi connectivity index (χ1n) is 7.81. The first-order valence-corrected chi connectivity index (χ1v) is 7.81. The fraction of sp³-hybridized carbons (Fsp3) is 0.412. The van der Waals surface area contributed by atoms with E-state index >= 15 is 0 Å². The van der Waals surface area contributed by atoms with E-state index in [0.29, 0.717) is 0 Å². The summed E-state index contributed by atoms with van der Waals surface area (Å²) in [7, 11) is 0. The van der Waals surface area contributed by atoms with E-state index in [0.717, 1.165) is 54.5 Å². The smallest absolute Gasteiger partial charge is 0.178 e. The van der Waals surface area contributed by atoms with Gasteiger partial charge in [-0.05, 0) is 50.5 Å². The van der Waals surface area contributed by atoms with Crippen molar-refractivity contribution in [2.75, 3.05) is 6.61 Å². The van der Waals surface area contributed by atoms with Gasteiger partial charge in [-0.3, -0.25) is 0 Å². The van der Waals surface area contributed by atoms with E-state index < -0.39 is 0 Å². The molecule has 3 aromatic rings. The molecule has 0 radical (unpaired) electrons. The van der Waals surface area contributed by atoms with E-state index in [1.165, 1.54) is 6.42 Å². The molecule has 4 heterocycles. The highest BCUT2D eigenvalue weighted by atomic mass is 16.5. The zero-order valence-electron chi connectivity index (χ0n) is 12.7. The van der Waals surface area contributed by atoms with Crippen LogP contribution in [0, 0.1) is 6.92 Å². The predicted octanol–water partition coefficient (Wildman–Crippen LogP) is 3.57. The highest BCUT2D eigenvalue weighted by molar-refractivity contribution is 5.75. The van der Waals surface area contributed by atoms with E-state index in [-0.39, 0.29) is 6.10 Å². The van der Waals surface area contributed by atoms with Crippen LogP contribution in [0.5, 0.6) is 0 Å². The van der Waals surface area contributed by atoms with Crippen molar-refractivity contribution in [3.05, 3.63) is 36.2 Å². The number of aryl methyl sites for hydroxylation is 1. The fourth-order valence-corrected chi connectivity index (χ4v) is 3.03.